The topological polar surface area (TPSA) is 12.0 Å². The van der Waals surface area contributed by atoms with Crippen molar-refractivity contribution in [3.63, 3.8) is 0 Å². The van der Waals surface area contributed by atoms with E-state index in [1.807, 2.05) is 32.9 Å². The maximum atomic E-state index is 3.65. The minimum atomic E-state index is 1.07. The summed E-state index contributed by atoms with van der Waals surface area (Å²) in [6.07, 6.45) is 13.1. The van der Waals surface area contributed by atoms with Crippen LogP contribution in [0.1, 0.15) is 53.4 Å². The van der Waals surface area contributed by atoms with Crippen molar-refractivity contribution in [3.8, 4) is 0 Å². The fraction of sp³-hybridized carbons (Fsp3) is 0.600. The standard InChI is InChI=1S/C13H23N.C2H6/c1-4-7-9-10-12-14-13(6-3)11-8-5-2;1-2/h5-6,8,11,14H,2,4,7,9-10,12H2,1,3H3;1-2H3/b11-8-,13-6+;. The SMILES string of the molecule is C=C/C=C\C(=C/C)NCCCCCC.CC. The second-order valence-electron chi connectivity index (χ2n) is 3.33. The van der Waals surface area contributed by atoms with Crippen LogP contribution in [0.5, 0.6) is 0 Å². The molecule has 1 nitrogen and oxygen atoms in total. The third-order valence-electron chi connectivity index (χ3n) is 2.08. The van der Waals surface area contributed by atoms with Crippen LogP contribution in [0.4, 0.5) is 0 Å². The Morgan fingerprint density at radius 2 is 1.88 bits per heavy atom. The Hall–Kier alpha value is -0.980. The van der Waals surface area contributed by atoms with Gasteiger partial charge in [0.2, 0.25) is 0 Å². The molecular weight excluding hydrogens is 194 g/mol. The summed E-state index contributed by atoms with van der Waals surface area (Å²) in [4.78, 5) is 0. The lowest BCUT2D eigenvalue weighted by molar-refractivity contribution is 0.639. The second kappa shape index (κ2) is 16.4. The van der Waals surface area contributed by atoms with Crippen LogP contribution in [-0.4, -0.2) is 6.54 Å². The van der Waals surface area contributed by atoms with Crippen LogP contribution in [-0.2, 0) is 0 Å². The summed E-state index contributed by atoms with van der Waals surface area (Å²) in [5, 5.41) is 3.39. The Balaban J connectivity index is 0. The summed E-state index contributed by atoms with van der Waals surface area (Å²) >= 11 is 0. The average molecular weight is 223 g/mol. The van der Waals surface area contributed by atoms with Crippen molar-refractivity contribution in [1.29, 1.82) is 0 Å². The molecule has 0 unspecified atom stereocenters. The molecule has 0 radical (unpaired) electrons. The van der Waals surface area contributed by atoms with Crippen LogP contribution >= 0.6 is 0 Å². The first-order valence-electron chi connectivity index (χ1n) is 6.54. The van der Waals surface area contributed by atoms with Gasteiger partial charge in [0.25, 0.3) is 0 Å². The van der Waals surface area contributed by atoms with E-state index in [4.69, 9.17) is 0 Å². The number of allylic oxidation sites excluding steroid dienone is 4. The zero-order valence-corrected chi connectivity index (χ0v) is 11.6. The molecule has 0 heterocycles. The Bertz CT molecular complexity index is 190. The maximum Gasteiger partial charge on any atom is 0.0296 e. The van der Waals surface area contributed by atoms with Crippen molar-refractivity contribution in [2.75, 3.05) is 6.54 Å². The number of rotatable bonds is 8. The molecule has 1 heteroatoms. The van der Waals surface area contributed by atoms with Gasteiger partial charge in [-0.3, -0.25) is 0 Å². The Morgan fingerprint density at radius 3 is 2.38 bits per heavy atom. The molecule has 0 aromatic carbocycles. The van der Waals surface area contributed by atoms with Gasteiger partial charge in [-0.25, -0.2) is 0 Å². The highest BCUT2D eigenvalue weighted by molar-refractivity contribution is 5.19. The minimum Gasteiger partial charge on any atom is -0.385 e. The van der Waals surface area contributed by atoms with Gasteiger partial charge in [-0.2, -0.15) is 0 Å². The average Bonchev–Trinajstić information content (AvgIpc) is 2.35. The lowest BCUT2D eigenvalue weighted by Gasteiger charge is -2.05. The van der Waals surface area contributed by atoms with E-state index in [0.717, 1.165) is 6.54 Å². The molecule has 0 amide bonds. The molecule has 0 spiro atoms. The Labute approximate surface area is 102 Å². The zero-order valence-electron chi connectivity index (χ0n) is 11.6. The van der Waals surface area contributed by atoms with E-state index in [1.54, 1.807) is 6.08 Å². The van der Waals surface area contributed by atoms with E-state index in [1.165, 1.54) is 31.4 Å². The first-order valence-corrected chi connectivity index (χ1v) is 6.54. The number of nitrogens with one attached hydrogen (secondary N) is 1. The fourth-order valence-corrected chi connectivity index (χ4v) is 1.21. The van der Waals surface area contributed by atoms with Crippen molar-refractivity contribution in [3.05, 3.63) is 36.6 Å². The van der Waals surface area contributed by atoms with E-state index in [-0.39, 0.29) is 0 Å². The van der Waals surface area contributed by atoms with Gasteiger partial charge < -0.3 is 5.32 Å². The Kier molecular flexibility index (Phi) is 17.9. The number of hydrogen-bond donors (Lipinski definition) is 1. The lowest BCUT2D eigenvalue weighted by Crippen LogP contribution is -2.12. The smallest absolute Gasteiger partial charge is 0.0296 e. The van der Waals surface area contributed by atoms with Gasteiger partial charge in [-0.15, -0.1) is 0 Å². The van der Waals surface area contributed by atoms with Gasteiger partial charge in [0.05, 0.1) is 0 Å². The van der Waals surface area contributed by atoms with E-state index in [9.17, 15) is 0 Å². The highest BCUT2D eigenvalue weighted by atomic mass is 14.9. The molecule has 0 saturated carbocycles. The predicted octanol–water partition coefficient (Wildman–Crippen LogP) is 4.83. The van der Waals surface area contributed by atoms with Gasteiger partial charge in [-0.1, -0.05) is 64.8 Å². The van der Waals surface area contributed by atoms with Gasteiger partial charge >= 0.3 is 0 Å². The van der Waals surface area contributed by atoms with E-state index in [2.05, 4.69) is 24.9 Å². The van der Waals surface area contributed by atoms with E-state index >= 15 is 0 Å². The quantitative estimate of drug-likeness (QED) is 0.459. The highest BCUT2D eigenvalue weighted by Gasteiger charge is 1.89. The normalized spacial score (nSPS) is 10.9. The molecule has 0 aliphatic carbocycles. The summed E-state index contributed by atoms with van der Waals surface area (Å²) < 4.78 is 0. The summed E-state index contributed by atoms with van der Waals surface area (Å²) in [7, 11) is 0. The van der Waals surface area contributed by atoms with Crippen LogP contribution in [0.25, 0.3) is 0 Å². The monoisotopic (exact) mass is 223 g/mol. The third kappa shape index (κ3) is 13.0. The highest BCUT2D eigenvalue weighted by Crippen LogP contribution is 1.99. The largest absolute Gasteiger partial charge is 0.385 e. The van der Waals surface area contributed by atoms with Crippen LogP contribution in [0.3, 0.4) is 0 Å². The minimum absolute atomic E-state index is 1.07. The number of hydrogen-bond acceptors (Lipinski definition) is 1. The molecule has 0 aromatic heterocycles. The summed E-state index contributed by atoms with van der Waals surface area (Å²) in [6, 6.07) is 0. The zero-order chi connectivity index (χ0) is 12.6. The van der Waals surface area contributed by atoms with Crippen molar-refractivity contribution in [2.24, 2.45) is 0 Å². The van der Waals surface area contributed by atoms with Crippen LogP contribution < -0.4 is 5.32 Å². The van der Waals surface area contributed by atoms with Crippen molar-refractivity contribution >= 4 is 0 Å². The Morgan fingerprint density at radius 1 is 1.19 bits per heavy atom. The molecule has 0 bridgehead atoms. The van der Waals surface area contributed by atoms with Crippen LogP contribution in [0.15, 0.2) is 36.6 Å². The molecule has 0 fully saturated rings. The molecule has 0 aliphatic heterocycles. The van der Waals surface area contributed by atoms with Crippen LogP contribution in [0, 0.1) is 0 Å². The molecule has 0 atom stereocenters. The van der Waals surface area contributed by atoms with Gasteiger partial charge in [0.1, 0.15) is 0 Å². The molecule has 94 valence electrons. The van der Waals surface area contributed by atoms with Gasteiger partial charge in [0.15, 0.2) is 0 Å². The predicted molar refractivity (Wildman–Crippen MR) is 76.6 cm³/mol. The van der Waals surface area contributed by atoms with Crippen molar-refractivity contribution in [2.45, 2.75) is 53.4 Å². The van der Waals surface area contributed by atoms with Crippen molar-refractivity contribution in [1.82, 2.24) is 5.32 Å². The summed E-state index contributed by atoms with van der Waals surface area (Å²) in [6.45, 7) is 13.0. The van der Waals surface area contributed by atoms with Crippen molar-refractivity contribution < 1.29 is 0 Å². The summed E-state index contributed by atoms with van der Waals surface area (Å²) in [5.74, 6) is 0. The maximum absolute atomic E-state index is 3.65. The van der Waals surface area contributed by atoms with Crippen LogP contribution in [0.2, 0.25) is 0 Å². The summed E-state index contributed by atoms with van der Waals surface area (Å²) in [5.41, 5.74) is 1.18. The third-order valence-corrected chi connectivity index (χ3v) is 2.08. The molecule has 0 rings (SSSR count). The van der Waals surface area contributed by atoms with Gasteiger partial charge in [0, 0.05) is 12.2 Å². The van der Waals surface area contributed by atoms with Gasteiger partial charge in [-0.05, 0) is 19.4 Å². The fourth-order valence-electron chi connectivity index (χ4n) is 1.21. The van der Waals surface area contributed by atoms with E-state index in [0.29, 0.717) is 0 Å². The molecule has 0 aliphatic rings. The first kappa shape index (κ1) is 17.4. The lowest BCUT2D eigenvalue weighted by atomic mass is 10.2. The molecule has 0 saturated heterocycles. The van der Waals surface area contributed by atoms with E-state index < -0.39 is 0 Å². The second-order valence-corrected chi connectivity index (χ2v) is 3.33. The first-order chi connectivity index (χ1) is 7.85. The molecule has 16 heavy (non-hydrogen) atoms. The molecular formula is C15H29N. The molecule has 1 N–H and O–H groups in total. The molecule has 0 aromatic rings. The number of unbranched alkanes of at least 4 members (excludes halogenated alkanes) is 3.